The Balaban J connectivity index is 1.54. The monoisotopic (exact) mass is 351 g/mol. The first-order chi connectivity index (χ1) is 12.5. The summed E-state index contributed by atoms with van der Waals surface area (Å²) in [5.41, 5.74) is 2.82. The largest absolute Gasteiger partial charge is 0.391 e. The first-order valence-electron chi connectivity index (χ1n) is 8.76. The number of aliphatic hydroxyl groups is 1. The van der Waals surface area contributed by atoms with Crippen molar-refractivity contribution in [3.8, 4) is 0 Å². The number of fused-ring (bicyclic) bond motifs is 1. The summed E-state index contributed by atoms with van der Waals surface area (Å²) in [6.45, 7) is 4.63. The Kier molecular flexibility index (Phi) is 4.16. The Morgan fingerprint density at radius 2 is 1.96 bits per heavy atom. The van der Waals surface area contributed by atoms with Crippen LogP contribution in [0.15, 0.2) is 36.4 Å². The minimum Gasteiger partial charge on any atom is -0.391 e. The third-order valence-corrected chi connectivity index (χ3v) is 4.91. The minimum absolute atomic E-state index is 0.0424. The highest BCUT2D eigenvalue weighted by Crippen LogP contribution is 2.28. The van der Waals surface area contributed by atoms with E-state index in [0.29, 0.717) is 18.7 Å². The molecule has 1 aliphatic rings. The Labute approximate surface area is 151 Å². The van der Waals surface area contributed by atoms with Crippen LogP contribution in [0.3, 0.4) is 0 Å². The summed E-state index contributed by atoms with van der Waals surface area (Å²) >= 11 is 0. The molecule has 1 fully saturated rings. The number of hydrogen-bond donors (Lipinski definition) is 1. The van der Waals surface area contributed by atoms with Gasteiger partial charge >= 0.3 is 0 Å². The molecule has 7 heteroatoms. The van der Waals surface area contributed by atoms with Crippen molar-refractivity contribution < 1.29 is 9.90 Å². The van der Waals surface area contributed by atoms with Crippen molar-refractivity contribution in [3.63, 3.8) is 0 Å². The molecular weight excluding hydrogens is 330 g/mol. The van der Waals surface area contributed by atoms with Gasteiger partial charge in [0.15, 0.2) is 0 Å². The maximum atomic E-state index is 12.8. The number of aliphatic hydroxyl groups excluding tert-OH is 1. The van der Waals surface area contributed by atoms with Gasteiger partial charge in [-0.3, -0.25) is 4.79 Å². The molecule has 0 saturated carbocycles. The highest BCUT2D eigenvalue weighted by Gasteiger charge is 2.33. The Morgan fingerprint density at radius 1 is 1.19 bits per heavy atom. The topological polar surface area (TPSA) is 83.6 Å². The van der Waals surface area contributed by atoms with Crippen molar-refractivity contribution in [3.05, 3.63) is 59.2 Å². The molecule has 134 valence electrons. The van der Waals surface area contributed by atoms with Crippen molar-refractivity contribution in [2.45, 2.75) is 32.3 Å². The van der Waals surface area contributed by atoms with Gasteiger partial charge in [0.05, 0.1) is 6.10 Å². The Hall–Kier alpha value is -2.80. The summed E-state index contributed by atoms with van der Waals surface area (Å²) in [4.78, 5) is 23.0. The number of hydrogen-bond acceptors (Lipinski definition) is 5. The van der Waals surface area contributed by atoms with E-state index < -0.39 is 6.10 Å². The number of amides is 1. The number of aryl methyl sites for hydroxylation is 2. The molecule has 3 heterocycles. The van der Waals surface area contributed by atoms with E-state index in [4.69, 9.17) is 0 Å². The summed E-state index contributed by atoms with van der Waals surface area (Å²) in [5.74, 6) is 0.320. The fraction of sp³-hybridized carbons (Fsp3) is 0.368. The number of carbonyl (C=O) groups excluding carboxylic acids is 1. The summed E-state index contributed by atoms with van der Waals surface area (Å²) in [6.07, 6.45) is 0.106. The molecule has 0 radical (unpaired) electrons. The van der Waals surface area contributed by atoms with Crippen LogP contribution in [-0.2, 0) is 0 Å². The third kappa shape index (κ3) is 2.94. The van der Waals surface area contributed by atoms with Gasteiger partial charge in [-0.1, -0.05) is 30.3 Å². The summed E-state index contributed by atoms with van der Waals surface area (Å²) in [6, 6.07) is 11.8. The molecule has 0 bridgehead atoms. The number of rotatable bonds is 2. The van der Waals surface area contributed by atoms with Gasteiger partial charge in [-0.25, -0.2) is 9.50 Å². The van der Waals surface area contributed by atoms with Gasteiger partial charge in [-0.2, -0.15) is 4.98 Å². The van der Waals surface area contributed by atoms with Crippen LogP contribution in [0.2, 0.25) is 0 Å². The second kappa shape index (κ2) is 6.49. The number of benzene rings is 1. The van der Waals surface area contributed by atoms with E-state index in [1.54, 1.807) is 9.42 Å². The molecule has 0 aliphatic carbocycles. The van der Waals surface area contributed by atoms with Gasteiger partial charge < -0.3 is 10.0 Å². The zero-order chi connectivity index (χ0) is 18.3. The van der Waals surface area contributed by atoms with Gasteiger partial charge in [-0.15, -0.1) is 5.10 Å². The lowest BCUT2D eigenvalue weighted by atomic mass is 9.87. The van der Waals surface area contributed by atoms with Crippen LogP contribution in [0, 0.1) is 13.8 Å². The van der Waals surface area contributed by atoms with Crippen LogP contribution in [-0.4, -0.2) is 54.7 Å². The number of aromatic nitrogens is 4. The maximum Gasteiger partial charge on any atom is 0.293 e. The Bertz CT molecular complexity index is 953. The van der Waals surface area contributed by atoms with E-state index >= 15 is 0 Å². The molecule has 1 aliphatic heterocycles. The van der Waals surface area contributed by atoms with Gasteiger partial charge in [0, 0.05) is 30.4 Å². The average molecular weight is 351 g/mol. The molecule has 1 aromatic carbocycles. The third-order valence-electron chi connectivity index (χ3n) is 4.91. The Morgan fingerprint density at radius 3 is 2.69 bits per heavy atom. The molecule has 1 amide bonds. The lowest BCUT2D eigenvalue weighted by molar-refractivity contribution is 0.0373. The van der Waals surface area contributed by atoms with Crippen LogP contribution in [0.25, 0.3) is 5.78 Å². The number of β-amino-alcohol motifs (C(OH)–C–C–N with tert-alkyl or cyclic N) is 1. The van der Waals surface area contributed by atoms with Crippen molar-refractivity contribution in [2.24, 2.45) is 0 Å². The number of nitrogens with zero attached hydrogens (tertiary/aromatic N) is 5. The first kappa shape index (κ1) is 16.7. The SMILES string of the molecule is Cc1cc(C)n2nc(C(=O)N3CC[C@H](c4ccccc4)[C@H](O)C3)nc2n1. The minimum atomic E-state index is -0.603. The van der Waals surface area contributed by atoms with E-state index in [1.807, 2.05) is 50.2 Å². The number of likely N-dealkylation sites (tertiary alicyclic amines) is 1. The lowest BCUT2D eigenvalue weighted by Crippen LogP contribution is -2.46. The maximum absolute atomic E-state index is 12.8. The highest BCUT2D eigenvalue weighted by atomic mass is 16.3. The zero-order valence-electron chi connectivity index (χ0n) is 14.8. The average Bonchev–Trinajstić information content (AvgIpc) is 3.06. The lowest BCUT2D eigenvalue weighted by Gasteiger charge is -2.35. The molecule has 1 saturated heterocycles. The molecule has 0 spiro atoms. The quantitative estimate of drug-likeness (QED) is 0.760. The molecule has 2 aromatic heterocycles. The number of carbonyl (C=O) groups is 1. The van der Waals surface area contributed by atoms with Crippen molar-refractivity contribution >= 4 is 11.7 Å². The molecule has 4 rings (SSSR count). The van der Waals surface area contributed by atoms with Gasteiger partial charge in [-0.05, 0) is 31.9 Å². The standard InChI is InChI=1S/C19H21N5O2/c1-12-10-13(2)24-19(20-12)21-17(22-24)18(26)23-9-8-15(16(25)11-23)14-6-4-3-5-7-14/h3-7,10,15-16,25H,8-9,11H2,1-2H3/t15-,16-/m1/s1. The second-order valence-corrected chi connectivity index (χ2v) is 6.81. The van der Waals surface area contributed by atoms with Crippen LogP contribution in [0.4, 0.5) is 0 Å². The molecule has 1 N–H and O–H groups in total. The fourth-order valence-electron chi connectivity index (χ4n) is 3.60. The van der Waals surface area contributed by atoms with Crippen LogP contribution >= 0.6 is 0 Å². The van der Waals surface area contributed by atoms with Gasteiger partial charge in [0.2, 0.25) is 5.82 Å². The summed E-state index contributed by atoms with van der Waals surface area (Å²) < 4.78 is 1.58. The van der Waals surface area contributed by atoms with Crippen molar-refractivity contribution in [1.82, 2.24) is 24.5 Å². The van der Waals surface area contributed by atoms with E-state index in [2.05, 4.69) is 15.1 Å². The highest BCUT2D eigenvalue weighted by molar-refractivity contribution is 5.91. The van der Waals surface area contributed by atoms with Crippen LogP contribution in [0.5, 0.6) is 0 Å². The molecule has 3 aromatic rings. The predicted octanol–water partition coefficient (Wildman–Crippen LogP) is 1.73. The van der Waals surface area contributed by atoms with Crippen molar-refractivity contribution in [2.75, 3.05) is 13.1 Å². The molecular formula is C19H21N5O2. The number of piperidine rings is 1. The predicted molar refractivity (Wildman–Crippen MR) is 96.0 cm³/mol. The van der Waals surface area contributed by atoms with E-state index in [1.165, 1.54) is 0 Å². The fourth-order valence-corrected chi connectivity index (χ4v) is 3.60. The molecule has 26 heavy (non-hydrogen) atoms. The van der Waals surface area contributed by atoms with E-state index in [0.717, 1.165) is 17.0 Å². The normalized spacial score (nSPS) is 20.5. The zero-order valence-corrected chi connectivity index (χ0v) is 14.8. The molecule has 0 unspecified atom stereocenters. The second-order valence-electron chi connectivity index (χ2n) is 6.81. The molecule has 2 atom stereocenters. The van der Waals surface area contributed by atoms with Crippen molar-refractivity contribution in [1.29, 1.82) is 0 Å². The summed E-state index contributed by atoms with van der Waals surface area (Å²) in [5, 5.41) is 14.9. The van der Waals surface area contributed by atoms with Gasteiger partial charge in [0.25, 0.3) is 11.7 Å². The van der Waals surface area contributed by atoms with Crippen LogP contribution in [0.1, 0.15) is 39.9 Å². The smallest absolute Gasteiger partial charge is 0.293 e. The summed E-state index contributed by atoms with van der Waals surface area (Å²) in [7, 11) is 0. The first-order valence-corrected chi connectivity index (χ1v) is 8.76. The molecule has 7 nitrogen and oxygen atoms in total. The van der Waals surface area contributed by atoms with E-state index in [9.17, 15) is 9.90 Å². The van der Waals surface area contributed by atoms with Crippen LogP contribution < -0.4 is 0 Å². The van der Waals surface area contributed by atoms with E-state index in [-0.39, 0.29) is 24.2 Å². The van der Waals surface area contributed by atoms with Gasteiger partial charge in [0.1, 0.15) is 0 Å².